The second-order valence-electron chi connectivity index (χ2n) is 6.44. The lowest BCUT2D eigenvalue weighted by molar-refractivity contribution is -0.121. The average Bonchev–Trinajstić information content (AvgIpc) is 2.81. The molecule has 0 spiro atoms. The number of ether oxygens (including phenoxy) is 1. The number of hydrogen-bond acceptors (Lipinski definition) is 4. The van der Waals surface area contributed by atoms with Crippen molar-refractivity contribution in [1.82, 2.24) is 10.3 Å². The normalized spacial score (nSPS) is 19.9. The van der Waals surface area contributed by atoms with Gasteiger partial charge in [0.15, 0.2) is 0 Å². The zero-order valence-electron chi connectivity index (χ0n) is 14.8. The van der Waals surface area contributed by atoms with Crippen LogP contribution in [0.5, 0.6) is 11.6 Å². The predicted octanol–water partition coefficient (Wildman–Crippen LogP) is 3.72. The lowest BCUT2D eigenvalue weighted by Gasteiger charge is -2.19. The van der Waals surface area contributed by atoms with Gasteiger partial charge in [0, 0.05) is 6.07 Å². The fourth-order valence-electron chi connectivity index (χ4n) is 2.62. The van der Waals surface area contributed by atoms with Gasteiger partial charge >= 0.3 is 6.03 Å². The number of urea groups is 1. The highest BCUT2D eigenvalue weighted by Crippen LogP contribution is 2.28. The van der Waals surface area contributed by atoms with Gasteiger partial charge < -0.3 is 10.1 Å². The van der Waals surface area contributed by atoms with Crippen LogP contribution in [0.3, 0.4) is 0 Å². The van der Waals surface area contributed by atoms with E-state index in [9.17, 15) is 9.59 Å². The SMILES string of the molecule is CC[C@@]1(C)NC(=O)N(c2cccc(Oc3ccc(C)c(C)c3)n2)C1=O. The number of imide groups is 1. The first-order valence-electron chi connectivity index (χ1n) is 8.23. The van der Waals surface area contributed by atoms with Crippen LogP contribution in [0.1, 0.15) is 31.4 Å². The quantitative estimate of drug-likeness (QED) is 0.862. The zero-order valence-corrected chi connectivity index (χ0v) is 14.8. The fraction of sp³-hybridized carbons (Fsp3) is 0.316. The van der Waals surface area contributed by atoms with E-state index in [0.717, 1.165) is 10.5 Å². The molecule has 3 rings (SSSR count). The van der Waals surface area contributed by atoms with Crippen LogP contribution < -0.4 is 15.0 Å². The number of anilines is 1. The molecule has 1 N–H and O–H groups in total. The third-order valence-corrected chi connectivity index (χ3v) is 4.61. The lowest BCUT2D eigenvalue weighted by atomic mass is 9.99. The van der Waals surface area contributed by atoms with E-state index in [1.165, 1.54) is 5.56 Å². The fourth-order valence-corrected chi connectivity index (χ4v) is 2.62. The molecule has 0 bridgehead atoms. The number of aryl methyl sites for hydroxylation is 2. The maximum absolute atomic E-state index is 12.6. The van der Waals surface area contributed by atoms with Gasteiger partial charge in [0.25, 0.3) is 5.91 Å². The molecule has 1 aromatic heterocycles. The first-order valence-corrected chi connectivity index (χ1v) is 8.23. The van der Waals surface area contributed by atoms with Crippen LogP contribution in [0.25, 0.3) is 0 Å². The second-order valence-corrected chi connectivity index (χ2v) is 6.44. The Kier molecular flexibility index (Phi) is 4.20. The molecule has 1 fully saturated rings. The molecular formula is C19H21N3O3. The van der Waals surface area contributed by atoms with E-state index < -0.39 is 11.6 Å². The number of benzene rings is 1. The molecule has 1 saturated heterocycles. The summed E-state index contributed by atoms with van der Waals surface area (Å²) in [6.07, 6.45) is 0.507. The maximum atomic E-state index is 12.6. The van der Waals surface area contributed by atoms with E-state index >= 15 is 0 Å². The molecule has 6 heteroatoms. The number of carbonyl (C=O) groups is 2. The highest BCUT2D eigenvalue weighted by Gasteiger charge is 2.47. The Morgan fingerprint density at radius 1 is 1.16 bits per heavy atom. The third-order valence-electron chi connectivity index (χ3n) is 4.61. The number of pyridine rings is 1. The molecule has 1 atom stereocenters. The minimum atomic E-state index is -0.899. The summed E-state index contributed by atoms with van der Waals surface area (Å²) in [5, 5.41) is 2.72. The Bertz CT molecular complexity index is 850. The monoisotopic (exact) mass is 339 g/mol. The van der Waals surface area contributed by atoms with Gasteiger partial charge in [0.1, 0.15) is 17.1 Å². The summed E-state index contributed by atoms with van der Waals surface area (Å²) in [4.78, 5) is 30.2. The van der Waals surface area contributed by atoms with E-state index in [1.807, 2.05) is 39.0 Å². The summed E-state index contributed by atoms with van der Waals surface area (Å²) in [7, 11) is 0. The molecule has 0 unspecified atom stereocenters. The van der Waals surface area contributed by atoms with Crippen molar-refractivity contribution in [1.29, 1.82) is 0 Å². The summed E-state index contributed by atoms with van der Waals surface area (Å²) < 4.78 is 5.78. The minimum absolute atomic E-state index is 0.251. The zero-order chi connectivity index (χ0) is 18.2. The molecule has 1 aliphatic heterocycles. The smallest absolute Gasteiger partial charge is 0.330 e. The van der Waals surface area contributed by atoms with Crippen LogP contribution >= 0.6 is 0 Å². The van der Waals surface area contributed by atoms with Crippen molar-refractivity contribution in [2.45, 2.75) is 39.7 Å². The van der Waals surface area contributed by atoms with Crippen LogP contribution in [0.4, 0.5) is 10.6 Å². The van der Waals surface area contributed by atoms with Crippen LogP contribution in [-0.2, 0) is 4.79 Å². The van der Waals surface area contributed by atoms with Crippen molar-refractivity contribution in [2.24, 2.45) is 0 Å². The van der Waals surface area contributed by atoms with E-state index in [2.05, 4.69) is 10.3 Å². The molecule has 0 aliphatic carbocycles. The molecule has 2 aromatic rings. The van der Waals surface area contributed by atoms with Gasteiger partial charge in [-0.2, -0.15) is 4.98 Å². The summed E-state index contributed by atoms with van der Waals surface area (Å²) in [6.45, 7) is 7.60. The van der Waals surface area contributed by atoms with Crippen LogP contribution in [0, 0.1) is 13.8 Å². The van der Waals surface area contributed by atoms with Crippen molar-refractivity contribution in [2.75, 3.05) is 4.90 Å². The molecule has 1 aromatic carbocycles. The van der Waals surface area contributed by atoms with E-state index in [4.69, 9.17) is 4.74 Å². The van der Waals surface area contributed by atoms with E-state index in [0.29, 0.717) is 18.1 Å². The van der Waals surface area contributed by atoms with Gasteiger partial charge in [-0.3, -0.25) is 4.79 Å². The number of hydrogen-bond donors (Lipinski definition) is 1. The van der Waals surface area contributed by atoms with E-state index in [-0.39, 0.29) is 11.7 Å². The Balaban J connectivity index is 1.88. The van der Waals surface area contributed by atoms with Crippen LogP contribution in [0.2, 0.25) is 0 Å². The number of amides is 3. The first-order chi connectivity index (χ1) is 11.8. The van der Waals surface area contributed by atoms with Crippen molar-refractivity contribution in [3.8, 4) is 11.6 Å². The van der Waals surface area contributed by atoms with Crippen molar-refractivity contribution in [3.63, 3.8) is 0 Å². The summed E-state index contributed by atoms with van der Waals surface area (Å²) in [6, 6.07) is 10.3. The van der Waals surface area contributed by atoms with Crippen molar-refractivity contribution >= 4 is 17.8 Å². The standard InChI is InChI=1S/C19H21N3O3/c1-5-19(4)17(23)22(18(24)21-19)15-7-6-8-16(20-15)25-14-10-9-12(2)13(3)11-14/h6-11H,5H2,1-4H3,(H,21,24)/t19-/m1/s1. The first kappa shape index (κ1) is 17.0. The lowest BCUT2D eigenvalue weighted by Crippen LogP contribution is -2.43. The predicted molar refractivity (Wildman–Crippen MR) is 94.9 cm³/mol. The van der Waals surface area contributed by atoms with Crippen molar-refractivity contribution < 1.29 is 14.3 Å². The average molecular weight is 339 g/mol. The molecule has 0 radical (unpaired) electrons. The maximum Gasteiger partial charge on any atom is 0.330 e. The Labute approximate surface area is 146 Å². The number of carbonyl (C=O) groups excluding carboxylic acids is 2. The summed E-state index contributed by atoms with van der Waals surface area (Å²) in [5.74, 6) is 0.923. The Morgan fingerprint density at radius 3 is 2.56 bits per heavy atom. The number of rotatable bonds is 4. The van der Waals surface area contributed by atoms with Gasteiger partial charge in [0.05, 0.1) is 0 Å². The molecule has 1 aliphatic rings. The largest absolute Gasteiger partial charge is 0.439 e. The molecule has 2 heterocycles. The highest BCUT2D eigenvalue weighted by molar-refractivity contribution is 6.22. The van der Waals surface area contributed by atoms with Crippen LogP contribution in [0.15, 0.2) is 36.4 Å². The van der Waals surface area contributed by atoms with Gasteiger partial charge in [0.2, 0.25) is 5.88 Å². The van der Waals surface area contributed by atoms with Gasteiger partial charge in [-0.1, -0.05) is 19.1 Å². The number of nitrogens with one attached hydrogen (secondary N) is 1. The number of aromatic nitrogens is 1. The Hall–Kier alpha value is -2.89. The van der Waals surface area contributed by atoms with Gasteiger partial charge in [-0.25, -0.2) is 9.69 Å². The molecule has 25 heavy (non-hydrogen) atoms. The molecule has 3 amide bonds. The minimum Gasteiger partial charge on any atom is -0.439 e. The molecular weight excluding hydrogens is 318 g/mol. The van der Waals surface area contributed by atoms with E-state index in [1.54, 1.807) is 25.1 Å². The third kappa shape index (κ3) is 3.07. The second kappa shape index (κ2) is 6.20. The summed E-state index contributed by atoms with van der Waals surface area (Å²) in [5.41, 5.74) is 1.39. The van der Waals surface area contributed by atoms with Crippen LogP contribution in [-0.4, -0.2) is 22.5 Å². The topological polar surface area (TPSA) is 71.5 Å². The van der Waals surface area contributed by atoms with Crippen molar-refractivity contribution in [3.05, 3.63) is 47.5 Å². The van der Waals surface area contributed by atoms with Gasteiger partial charge in [-0.05, 0) is 56.5 Å². The number of nitrogens with zero attached hydrogens (tertiary/aromatic N) is 2. The molecule has 6 nitrogen and oxygen atoms in total. The molecule has 0 saturated carbocycles. The molecule has 130 valence electrons. The highest BCUT2D eigenvalue weighted by atomic mass is 16.5. The summed E-state index contributed by atoms with van der Waals surface area (Å²) >= 11 is 0. The Morgan fingerprint density at radius 2 is 1.92 bits per heavy atom. The van der Waals surface area contributed by atoms with Gasteiger partial charge in [-0.15, -0.1) is 0 Å².